The number of nitrogens with zero attached hydrogens (tertiary/aromatic N) is 3. The number of carbonyl (C=O) groups is 2. The van der Waals surface area contributed by atoms with Gasteiger partial charge in [0, 0.05) is 41.9 Å². The van der Waals surface area contributed by atoms with E-state index in [0.29, 0.717) is 30.9 Å². The van der Waals surface area contributed by atoms with Gasteiger partial charge >= 0.3 is 5.97 Å². The Balaban J connectivity index is 1.40. The van der Waals surface area contributed by atoms with Gasteiger partial charge in [-0.15, -0.1) is 0 Å². The molecule has 3 aromatic rings. The number of benzene rings is 1. The van der Waals surface area contributed by atoms with E-state index in [0.717, 1.165) is 41.7 Å². The van der Waals surface area contributed by atoms with Crippen LogP contribution in [-0.2, 0) is 9.47 Å². The third-order valence-corrected chi connectivity index (χ3v) is 5.79. The third kappa shape index (κ3) is 5.12. The Morgan fingerprint density at radius 2 is 1.79 bits per heavy atom. The molecule has 0 saturated carbocycles. The van der Waals surface area contributed by atoms with E-state index in [2.05, 4.69) is 9.88 Å². The number of ketones is 1. The molecule has 1 saturated heterocycles. The molecule has 0 bridgehead atoms. The Labute approximate surface area is 199 Å². The van der Waals surface area contributed by atoms with Crippen molar-refractivity contribution in [1.29, 1.82) is 0 Å². The molecule has 34 heavy (non-hydrogen) atoms. The van der Waals surface area contributed by atoms with Crippen LogP contribution < -0.4 is 9.64 Å². The lowest BCUT2D eigenvalue weighted by Crippen LogP contribution is -2.36. The normalized spacial score (nSPS) is 13.6. The lowest BCUT2D eigenvalue weighted by molar-refractivity contribution is 0.0474. The molecule has 0 atom stereocenters. The van der Waals surface area contributed by atoms with Gasteiger partial charge in [-0.3, -0.25) is 4.79 Å². The number of aromatic nitrogens is 2. The molecular weight excluding hydrogens is 434 g/mol. The largest absolute Gasteiger partial charge is 0.494 e. The van der Waals surface area contributed by atoms with E-state index in [9.17, 15) is 9.59 Å². The van der Waals surface area contributed by atoms with Crippen LogP contribution in [-0.4, -0.2) is 60.8 Å². The quantitative estimate of drug-likeness (QED) is 0.372. The number of rotatable bonds is 8. The molecule has 0 radical (unpaired) electrons. The number of carbonyl (C=O) groups excluding carboxylic acids is 2. The van der Waals surface area contributed by atoms with Crippen LogP contribution in [0.5, 0.6) is 5.75 Å². The second-order valence-corrected chi connectivity index (χ2v) is 8.05. The van der Waals surface area contributed by atoms with Crippen molar-refractivity contribution >= 4 is 17.6 Å². The molecule has 1 fully saturated rings. The maximum absolute atomic E-state index is 12.9. The average molecular weight is 464 g/mol. The Morgan fingerprint density at radius 1 is 1.06 bits per heavy atom. The van der Waals surface area contributed by atoms with Crippen molar-refractivity contribution < 1.29 is 23.8 Å². The van der Waals surface area contributed by atoms with Crippen LogP contribution in [0.25, 0.3) is 5.69 Å². The standard InChI is InChI=1S/C26H29N3O5/c1-4-33-22-8-6-21(7-9-22)29-18(2)15-23(19(29)3)24(30)17-34-26(31)20-5-10-25(27-16-20)28-11-13-32-14-12-28/h5-10,15-16H,4,11-14,17H2,1-3H3. The van der Waals surface area contributed by atoms with Gasteiger partial charge in [0.05, 0.1) is 25.4 Å². The summed E-state index contributed by atoms with van der Waals surface area (Å²) in [5.41, 5.74) is 3.48. The summed E-state index contributed by atoms with van der Waals surface area (Å²) >= 11 is 0. The van der Waals surface area contributed by atoms with Crippen LogP contribution >= 0.6 is 0 Å². The van der Waals surface area contributed by atoms with Crippen LogP contribution in [0.4, 0.5) is 5.82 Å². The Kier molecular flexibility index (Phi) is 7.27. The fourth-order valence-electron chi connectivity index (χ4n) is 4.08. The SMILES string of the molecule is CCOc1ccc(-n2c(C)cc(C(=O)COC(=O)c3ccc(N4CCOCC4)nc3)c2C)cc1. The molecule has 8 heteroatoms. The average Bonchev–Trinajstić information content (AvgIpc) is 3.17. The van der Waals surface area contributed by atoms with Gasteiger partial charge in [0.15, 0.2) is 6.61 Å². The summed E-state index contributed by atoms with van der Waals surface area (Å²) in [4.78, 5) is 31.8. The van der Waals surface area contributed by atoms with Crippen LogP contribution in [0.2, 0.25) is 0 Å². The molecule has 1 aliphatic rings. The Morgan fingerprint density at radius 3 is 2.44 bits per heavy atom. The van der Waals surface area contributed by atoms with E-state index in [1.54, 1.807) is 12.1 Å². The monoisotopic (exact) mass is 463 g/mol. The first-order valence-electron chi connectivity index (χ1n) is 11.4. The van der Waals surface area contributed by atoms with Gasteiger partial charge in [-0.05, 0) is 63.2 Å². The summed E-state index contributed by atoms with van der Waals surface area (Å²) < 4.78 is 18.1. The van der Waals surface area contributed by atoms with Crippen molar-refractivity contribution in [3.05, 3.63) is 71.2 Å². The maximum atomic E-state index is 12.9. The van der Waals surface area contributed by atoms with Crippen LogP contribution in [0, 0.1) is 13.8 Å². The maximum Gasteiger partial charge on any atom is 0.340 e. The van der Waals surface area contributed by atoms with E-state index in [4.69, 9.17) is 14.2 Å². The summed E-state index contributed by atoms with van der Waals surface area (Å²) in [7, 11) is 0. The van der Waals surface area contributed by atoms with Gasteiger partial charge in [0.25, 0.3) is 0 Å². The molecule has 0 spiro atoms. The number of ether oxygens (including phenoxy) is 3. The predicted molar refractivity (Wildman–Crippen MR) is 128 cm³/mol. The molecule has 0 aliphatic carbocycles. The second-order valence-electron chi connectivity index (χ2n) is 8.05. The number of Topliss-reactive ketones (excluding diaryl/α,β-unsaturated/α-hetero) is 1. The summed E-state index contributed by atoms with van der Waals surface area (Å²) in [5, 5.41) is 0. The zero-order valence-corrected chi connectivity index (χ0v) is 19.7. The van der Waals surface area contributed by atoms with Crippen molar-refractivity contribution in [1.82, 2.24) is 9.55 Å². The van der Waals surface area contributed by atoms with Crippen molar-refractivity contribution in [2.24, 2.45) is 0 Å². The zero-order valence-electron chi connectivity index (χ0n) is 19.7. The highest BCUT2D eigenvalue weighted by atomic mass is 16.5. The zero-order chi connectivity index (χ0) is 24.1. The van der Waals surface area contributed by atoms with Crippen LogP contribution in [0.3, 0.4) is 0 Å². The minimum atomic E-state index is -0.574. The topological polar surface area (TPSA) is 82.9 Å². The first kappa shape index (κ1) is 23.5. The fraction of sp³-hybridized carbons (Fsp3) is 0.346. The Hall–Kier alpha value is -3.65. The van der Waals surface area contributed by atoms with Crippen molar-refractivity contribution in [2.45, 2.75) is 20.8 Å². The Bertz CT molecular complexity index is 1150. The van der Waals surface area contributed by atoms with Gasteiger partial charge in [0.1, 0.15) is 11.6 Å². The number of hydrogen-bond donors (Lipinski definition) is 0. The number of morpholine rings is 1. The van der Waals surface area contributed by atoms with Gasteiger partial charge in [-0.25, -0.2) is 9.78 Å². The van der Waals surface area contributed by atoms with Crippen LogP contribution in [0.15, 0.2) is 48.7 Å². The smallest absolute Gasteiger partial charge is 0.340 e. The molecule has 0 unspecified atom stereocenters. The first-order chi connectivity index (χ1) is 16.5. The van der Waals surface area contributed by atoms with Crippen molar-refractivity contribution in [3.8, 4) is 11.4 Å². The molecule has 2 aromatic heterocycles. The van der Waals surface area contributed by atoms with Crippen molar-refractivity contribution in [2.75, 3.05) is 44.4 Å². The lowest BCUT2D eigenvalue weighted by Gasteiger charge is -2.27. The highest BCUT2D eigenvalue weighted by molar-refractivity contribution is 6.00. The van der Waals surface area contributed by atoms with Crippen LogP contribution in [0.1, 0.15) is 39.0 Å². The number of hydrogen-bond acceptors (Lipinski definition) is 7. The third-order valence-electron chi connectivity index (χ3n) is 5.79. The molecule has 1 aromatic carbocycles. The lowest BCUT2D eigenvalue weighted by atomic mass is 10.1. The first-order valence-corrected chi connectivity index (χ1v) is 11.4. The molecule has 0 N–H and O–H groups in total. The minimum Gasteiger partial charge on any atom is -0.494 e. The highest BCUT2D eigenvalue weighted by Crippen LogP contribution is 2.23. The summed E-state index contributed by atoms with van der Waals surface area (Å²) in [6.07, 6.45) is 1.48. The predicted octanol–water partition coefficient (Wildman–Crippen LogP) is 3.76. The molecule has 3 heterocycles. The fourth-order valence-corrected chi connectivity index (χ4v) is 4.08. The van der Waals surface area contributed by atoms with E-state index < -0.39 is 5.97 Å². The molecule has 1 aliphatic heterocycles. The minimum absolute atomic E-state index is 0.253. The van der Waals surface area contributed by atoms with E-state index in [-0.39, 0.29) is 12.4 Å². The molecule has 0 amide bonds. The summed E-state index contributed by atoms with van der Waals surface area (Å²) in [6.45, 7) is 8.88. The molecular formula is C26H29N3O5. The highest BCUT2D eigenvalue weighted by Gasteiger charge is 2.19. The summed E-state index contributed by atoms with van der Waals surface area (Å²) in [5.74, 6) is 0.758. The van der Waals surface area contributed by atoms with Gasteiger partial charge in [-0.2, -0.15) is 0 Å². The summed E-state index contributed by atoms with van der Waals surface area (Å²) in [6, 6.07) is 13.0. The molecule has 4 rings (SSSR count). The number of pyridine rings is 1. The van der Waals surface area contributed by atoms with Gasteiger partial charge in [0.2, 0.25) is 5.78 Å². The number of anilines is 1. The van der Waals surface area contributed by atoms with Gasteiger partial charge < -0.3 is 23.7 Å². The molecule has 8 nitrogen and oxygen atoms in total. The van der Waals surface area contributed by atoms with Crippen molar-refractivity contribution in [3.63, 3.8) is 0 Å². The van der Waals surface area contributed by atoms with Gasteiger partial charge in [-0.1, -0.05) is 0 Å². The van der Waals surface area contributed by atoms with E-state index >= 15 is 0 Å². The second kappa shape index (κ2) is 10.5. The van der Waals surface area contributed by atoms with E-state index in [1.165, 1.54) is 6.20 Å². The van der Waals surface area contributed by atoms with E-state index in [1.807, 2.05) is 55.7 Å². The number of aryl methyl sites for hydroxylation is 1. The molecule has 178 valence electrons. The number of esters is 1.